The molecule has 0 bridgehead atoms. The minimum absolute atomic E-state index is 0.134. The van der Waals surface area contributed by atoms with Crippen molar-refractivity contribution in [2.24, 2.45) is 0 Å². The number of carbonyl (C=O) groups excluding carboxylic acids is 2. The Morgan fingerprint density at radius 1 is 1.30 bits per heavy atom. The van der Waals surface area contributed by atoms with Crippen molar-refractivity contribution in [3.63, 3.8) is 0 Å². The zero-order chi connectivity index (χ0) is 19.4. The molecule has 0 fully saturated rings. The molecule has 0 aromatic carbocycles. The molecule has 2 aromatic heterocycles. The van der Waals surface area contributed by atoms with Crippen LogP contribution in [0.5, 0.6) is 0 Å². The summed E-state index contributed by atoms with van der Waals surface area (Å²) in [4.78, 5) is 34.2. The average Bonchev–Trinajstić information content (AvgIpc) is 3.31. The molecule has 1 atom stereocenters. The third-order valence-corrected chi connectivity index (χ3v) is 5.71. The van der Waals surface area contributed by atoms with E-state index in [-0.39, 0.29) is 11.4 Å². The van der Waals surface area contributed by atoms with Crippen LogP contribution in [0.15, 0.2) is 53.4 Å². The molecule has 0 unspecified atom stereocenters. The van der Waals surface area contributed by atoms with Gasteiger partial charge in [-0.2, -0.15) is 0 Å². The van der Waals surface area contributed by atoms with Crippen LogP contribution in [0.1, 0.15) is 35.1 Å². The molecule has 142 valence electrons. The second kappa shape index (κ2) is 8.45. The topological polar surface area (TPSA) is 73.7 Å². The van der Waals surface area contributed by atoms with E-state index in [1.165, 1.54) is 11.3 Å². The lowest BCUT2D eigenvalue weighted by molar-refractivity contribution is -0.129. The lowest BCUT2D eigenvalue weighted by atomic mass is 9.96. The number of carbonyl (C=O) groups is 2. The minimum atomic E-state index is -0.628. The third-order valence-electron chi connectivity index (χ3n) is 4.84. The maximum Gasteiger partial charge on any atom is 0.290 e. The van der Waals surface area contributed by atoms with E-state index in [0.717, 1.165) is 13.1 Å². The number of hydrogen-bond acceptors (Lipinski definition) is 6. The van der Waals surface area contributed by atoms with Crippen molar-refractivity contribution >= 4 is 23.0 Å². The Morgan fingerprint density at radius 3 is 2.67 bits per heavy atom. The van der Waals surface area contributed by atoms with E-state index in [4.69, 9.17) is 0 Å². The number of aromatic nitrogens is 1. The summed E-state index contributed by atoms with van der Waals surface area (Å²) in [6, 6.07) is 6.46. The Morgan fingerprint density at radius 2 is 2.07 bits per heavy atom. The lowest BCUT2D eigenvalue weighted by Crippen LogP contribution is -2.38. The zero-order valence-corrected chi connectivity index (χ0v) is 16.3. The molecule has 0 saturated carbocycles. The highest BCUT2D eigenvalue weighted by Gasteiger charge is 2.43. The number of thiophene rings is 1. The molecule has 1 N–H and O–H groups in total. The molecule has 6 nitrogen and oxygen atoms in total. The van der Waals surface area contributed by atoms with Crippen LogP contribution >= 0.6 is 11.3 Å². The normalized spacial score (nSPS) is 17.2. The molecule has 2 aromatic rings. The molecule has 3 rings (SSSR count). The monoisotopic (exact) mass is 385 g/mol. The molecule has 7 heteroatoms. The van der Waals surface area contributed by atoms with Crippen LogP contribution in [0.3, 0.4) is 0 Å². The smallest absolute Gasteiger partial charge is 0.290 e. The van der Waals surface area contributed by atoms with E-state index in [2.05, 4.69) is 23.7 Å². The summed E-state index contributed by atoms with van der Waals surface area (Å²) in [5.41, 5.74) is 0.851. The summed E-state index contributed by atoms with van der Waals surface area (Å²) in [5, 5.41) is 12.4. The number of likely N-dealkylation sites (N-methyl/N-ethyl adjacent to an activating group) is 1. The van der Waals surface area contributed by atoms with Gasteiger partial charge in [0.05, 0.1) is 16.5 Å². The number of hydrogen-bond donors (Lipinski definition) is 1. The van der Waals surface area contributed by atoms with Crippen LogP contribution < -0.4 is 0 Å². The van der Waals surface area contributed by atoms with E-state index >= 15 is 0 Å². The van der Waals surface area contributed by atoms with E-state index in [0.29, 0.717) is 23.5 Å². The number of ketones is 1. The van der Waals surface area contributed by atoms with Gasteiger partial charge >= 0.3 is 0 Å². The van der Waals surface area contributed by atoms with Crippen molar-refractivity contribution in [3.8, 4) is 0 Å². The SMILES string of the molecule is CCN(CC)CCN1C(=O)C(O)=C(C(=O)c2cccs2)[C@H]1c1cccnc1. The van der Waals surface area contributed by atoms with Crippen LogP contribution in [0.25, 0.3) is 0 Å². The zero-order valence-electron chi connectivity index (χ0n) is 15.5. The van der Waals surface area contributed by atoms with Gasteiger partial charge in [0.15, 0.2) is 5.76 Å². The van der Waals surface area contributed by atoms with Gasteiger partial charge in [-0.25, -0.2) is 0 Å². The quantitative estimate of drug-likeness (QED) is 0.707. The molecular formula is C20H23N3O3S. The summed E-state index contributed by atoms with van der Waals surface area (Å²) in [7, 11) is 0. The van der Waals surface area contributed by atoms with Gasteiger partial charge in [0.25, 0.3) is 5.91 Å². The Balaban J connectivity index is 1.98. The van der Waals surface area contributed by atoms with E-state index in [1.807, 2.05) is 6.07 Å². The number of aliphatic hydroxyl groups excluding tert-OH is 1. The molecular weight excluding hydrogens is 362 g/mol. The van der Waals surface area contributed by atoms with Crippen molar-refractivity contribution in [2.75, 3.05) is 26.2 Å². The number of aliphatic hydroxyl groups is 1. The number of amides is 1. The highest BCUT2D eigenvalue weighted by Crippen LogP contribution is 2.39. The molecule has 1 aliphatic heterocycles. The number of rotatable bonds is 8. The van der Waals surface area contributed by atoms with E-state index < -0.39 is 17.7 Å². The Bertz CT molecular complexity index is 829. The summed E-state index contributed by atoms with van der Waals surface area (Å²) >= 11 is 1.30. The van der Waals surface area contributed by atoms with Gasteiger partial charge in [-0.1, -0.05) is 26.0 Å². The van der Waals surface area contributed by atoms with E-state index in [9.17, 15) is 14.7 Å². The molecule has 27 heavy (non-hydrogen) atoms. The fraction of sp³-hybridized carbons (Fsp3) is 0.350. The average molecular weight is 385 g/mol. The summed E-state index contributed by atoms with van der Waals surface area (Å²) in [6.45, 7) is 6.96. The molecule has 0 radical (unpaired) electrons. The van der Waals surface area contributed by atoms with Gasteiger partial charge in [-0.05, 0) is 36.2 Å². The first-order valence-electron chi connectivity index (χ1n) is 9.03. The van der Waals surface area contributed by atoms with Crippen molar-refractivity contribution < 1.29 is 14.7 Å². The predicted octanol–water partition coefficient (Wildman–Crippen LogP) is 3.06. The fourth-order valence-electron chi connectivity index (χ4n) is 3.33. The van der Waals surface area contributed by atoms with Crippen LogP contribution in [0.4, 0.5) is 0 Å². The Hall–Kier alpha value is -2.51. The summed E-state index contributed by atoms with van der Waals surface area (Å²) in [5.74, 6) is -1.27. The Labute approximate surface area is 162 Å². The van der Waals surface area contributed by atoms with E-state index in [1.54, 1.807) is 40.9 Å². The standard InChI is InChI=1S/C20H23N3O3S/c1-3-22(4-2)10-11-23-17(14-7-5-9-21-13-14)16(19(25)20(23)26)18(24)15-8-6-12-27-15/h5-9,12-13,17,25H,3-4,10-11H2,1-2H3/t17-/m1/s1. The van der Waals surface area contributed by atoms with Gasteiger partial charge < -0.3 is 14.9 Å². The van der Waals surface area contributed by atoms with Gasteiger partial charge in [0.1, 0.15) is 0 Å². The van der Waals surface area contributed by atoms with Crippen molar-refractivity contribution in [2.45, 2.75) is 19.9 Å². The number of pyridine rings is 1. The molecule has 3 heterocycles. The first kappa shape index (κ1) is 19.3. The van der Waals surface area contributed by atoms with Gasteiger partial charge in [-0.3, -0.25) is 14.6 Å². The predicted molar refractivity (Wildman–Crippen MR) is 105 cm³/mol. The minimum Gasteiger partial charge on any atom is -0.503 e. The molecule has 0 spiro atoms. The summed E-state index contributed by atoms with van der Waals surface area (Å²) < 4.78 is 0. The molecule has 0 saturated heterocycles. The molecule has 1 amide bonds. The van der Waals surface area contributed by atoms with Crippen molar-refractivity contribution in [1.82, 2.24) is 14.8 Å². The Kier molecular flexibility index (Phi) is 6.03. The second-order valence-corrected chi connectivity index (χ2v) is 7.23. The van der Waals surface area contributed by atoms with Crippen molar-refractivity contribution in [3.05, 3.63) is 63.8 Å². The highest BCUT2D eigenvalue weighted by molar-refractivity contribution is 7.12. The summed E-state index contributed by atoms with van der Waals surface area (Å²) in [6.07, 6.45) is 3.29. The lowest BCUT2D eigenvalue weighted by Gasteiger charge is -2.29. The van der Waals surface area contributed by atoms with Crippen LogP contribution in [0.2, 0.25) is 0 Å². The highest BCUT2D eigenvalue weighted by atomic mass is 32.1. The first-order chi connectivity index (χ1) is 13.1. The first-order valence-corrected chi connectivity index (χ1v) is 9.91. The molecule has 1 aliphatic rings. The second-order valence-electron chi connectivity index (χ2n) is 6.28. The maximum absolute atomic E-state index is 13.0. The largest absolute Gasteiger partial charge is 0.503 e. The van der Waals surface area contributed by atoms with Gasteiger partial charge in [-0.15, -0.1) is 11.3 Å². The van der Waals surface area contributed by atoms with Gasteiger partial charge in [0.2, 0.25) is 5.78 Å². The number of Topliss-reactive ketones (excluding diaryl/α,β-unsaturated/α-hetero) is 1. The number of nitrogens with zero attached hydrogens (tertiary/aromatic N) is 3. The third kappa shape index (κ3) is 3.79. The fourth-order valence-corrected chi connectivity index (χ4v) is 4.01. The van der Waals surface area contributed by atoms with Crippen LogP contribution in [-0.4, -0.2) is 57.8 Å². The van der Waals surface area contributed by atoms with Crippen LogP contribution in [-0.2, 0) is 4.79 Å². The van der Waals surface area contributed by atoms with Crippen molar-refractivity contribution in [1.29, 1.82) is 0 Å². The molecule has 0 aliphatic carbocycles. The van der Waals surface area contributed by atoms with Crippen LogP contribution in [0, 0.1) is 0 Å². The van der Waals surface area contributed by atoms with Gasteiger partial charge in [0, 0.05) is 25.5 Å². The maximum atomic E-state index is 13.0.